The van der Waals surface area contributed by atoms with Crippen LogP contribution >= 0.6 is 0 Å². The molecule has 0 bridgehead atoms. The Balaban J connectivity index is 1.91. The lowest BCUT2D eigenvalue weighted by Gasteiger charge is -2.12. The number of anilines is 1. The van der Waals surface area contributed by atoms with E-state index >= 15 is 0 Å². The van der Waals surface area contributed by atoms with Crippen LogP contribution in [-0.4, -0.2) is 35.0 Å². The molecule has 0 atom stereocenters. The minimum absolute atomic E-state index is 0.147. The second-order valence-electron chi connectivity index (χ2n) is 6.33. The number of halogens is 1. The summed E-state index contributed by atoms with van der Waals surface area (Å²) < 4.78 is 16.1. The van der Waals surface area contributed by atoms with Crippen molar-refractivity contribution >= 4 is 22.6 Å². The summed E-state index contributed by atoms with van der Waals surface area (Å²) in [5.41, 5.74) is 10.3. The molecule has 9 heteroatoms. The van der Waals surface area contributed by atoms with E-state index in [0.29, 0.717) is 34.7 Å². The van der Waals surface area contributed by atoms with E-state index in [4.69, 9.17) is 5.73 Å². The number of nitrogen functional groups attached to an aromatic ring is 1. The van der Waals surface area contributed by atoms with E-state index in [1.165, 1.54) is 10.6 Å². The van der Waals surface area contributed by atoms with Gasteiger partial charge in [-0.15, -0.1) is 10.2 Å². The summed E-state index contributed by atoms with van der Waals surface area (Å²) in [4.78, 5) is 9.10. The van der Waals surface area contributed by atoms with Gasteiger partial charge in [-0.25, -0.2) is 14.4 Å². The Hall–Kier alpha value is -3.88. The van der Waals surface area contributed by atoms with Crippen LogP contribution < -0.4 is 5.73 Å². The molecule has 0 saturated carbocycles. The van der Waals surface area contributed by atoms with Crippen LogP contribution in [0, 0.1) is 5.82 Å². The zero-order chi connectivity index (χ0) is 19.3. The third-order valence-corrected chi connectivity index (χ3v) is 4.61. The highest BCUT2D eigenvalue weighted by Crippen LogP contribution is 2.36. The average molecular weight is 374 g/mol. The standard InChI is InChI=1S/C19H15FN8/c1-2-15-22-18-16(10-7-8-13-14(9-10)25-27-24-13)17(23-19(21)28(18)26-15)11-5-3-4-6-12(11)20/h3-9H,2H2,1H3,(H2,21,23)(H,24,25,27). The van der Waals surface area contributed by atoms with Crippen LogP contribution in [0.15, 0.2) is 42.5 Å². The predicted octanol–water partition coefficient (Wildman–Crippen LogP) is 3.01. The van der Waals surface area contributed by atoms with E-state index in [-0.39, 0.29) is 11.8 Å². The highest BCUT2D eigenvalue weighted by atomic mass is 19.1. The molecule has 0 radical (unpaired) electrons. The Bertz CT molecular complexity index is 1340. The molecule has 0 aliphatic carbocycles. The molecule has 0 aliphatic rings. The summed E-state index contributed by atoms with van der Waals surface area (Å²) in [6.07, 6.45) is 0.638. The van der Waals surface area contributed by atoms with Crippen molar-refractivity contribution in [2.75, 3.05) is 5.73 Å². The van der Waals surface area contributed by atoms with Crippen LogP contribution in [0.4, 0.5) is 10.3 Å². The van der Waals surface area contributed by atoms with Crippen LogP contribution in [0.2, 0.25) is 0 Å². The smallest absolute Gasteiger partial charge is 0.223 e. The maximum atomic E-state index is 14.6. The lowest BCUT2D eigenvalue weighted by Crippen LogP contribution is -2.06. The molecular formula is C19H15FN8. The monoisotopic (exact) mass is 374 g/mol. The van der Waals surface area contributed by atoms with Crippen LogP contribution in [0.1, 0.15) is 12.7 Å². The average Bonchev–Trinajstić information content (AvgIpc) is 3.34. The number of nitrogens with one attached hydrogen (secondary N) is 1. The van der Waals surface area contributed by atoms with Gasteiger partial charge in [0.2, 0.25) is 5.95 Å². The number of fused-ring (bicyclic) bond motifs is 2. The number of hydrogen-bond donors (Lipinski definition) is 2. The van der Waals surface area contributed by atoms with Gasteiger partial charge in [0, 0.05) is 12.0 Å². The number of rotatable bonds is 3. The Morgan fingerprint density at radius 3 is 2.82 bits per heavy atom. The predicted molar refractivity (Wildman–Crippen MR) is 103 cm³/mol. The number of benzene rings is 2. The number of hydrogen-bond acceptors (Lipinski definition) is 6. The Morgan fingerprint density at radius 2 is 2.00 bits per heavy atom. The summed E-state index contributed by atoms with van der Waals surface area (Å²) >= 11 is 0. The zero-order valence-electron chi connectivity index (χ0n) is 14.9. The zero-order valence-corrected chi connectivity index (χ0v) is 14.9. The molecule has 138 valence electrons. The van der Waals surface area contributed by atoms with Crippen LogP contribution in [0.3, 0.4) is 0 Å². The van der Waals surface area contributed by atoms with Crippen molar-refractivity contribution in [1.29, 1.82) is 0 Å². The normalized spacial score (nSPS) is 11.5. The third kappa shape index (κ3) is 2.40. The first kappa shape index (κ1) is 16.3. The lowest BCUT2D eigenvalue weighted by atomic mass is 9.99. The van der Waals surface area contributed by atoms with Crippen molar-refractivity contribution in [1.82, 2.24) is 35.0 Å². The minimum atomic E-state index is -0.389. The largest absolute Gasteiger partial charge is 0.368 e. The fraction of sp³-hybridized carbons (Fsp3) is 0.105. The number of aryl methyl sites for hydroxylation is 1. The van der Waals surface area contributed by atoms with E-state index < -0.39 is 0 Å². The Labute approximate surface area is 158 Å². The van der Waals surface area contributed by atoms with Crippen molar-refractivity contribution in [3.63, 3.8) is 0 Å². The molecule has 28 heavy (non-hydrogen) atoms. The van der Waals surface area contributed by atoms with Gasteiger partial charge in [-0.05, 0) is 29.8 Å². The van der Waals surface area contributed by atoms with Crippen LogP contribution in [0.5, 0.6) is 0 Å². The van der Waals surface area contributed by atoms with Crippen molar-refractivity contribution in [2.24, 2.45) is 0 Å². The van der Waals surface area contributed by atoms with E-state index in [1.807, 2.05) is 25.1 Å². The fourth-order valence-electron chi connectivity index (χ4n) is 3.26. The molecular weight excluding hydrogens is 359 g/mol. The number of aromatic amines is 1. The van der Waals surface area contributed by atoms with E-state index in [0.717, 1.165) is 16.6 Å². The van der Waals surface area contributed by atoms with Crippen molar-refractivity contribution in [3.05, 3.63) is 54.1 Å². The number of nitrogens with two attached hydrogens (primary N) is 1. The molecule has 0 amide bonds. The van der Waals surface area contributed by atoms with Crippen LogP contribution in [0.25, 0.3) is 39.1 Å². The molecule has 0 fully saturated rings. The molecule has 0 aliphatic heterocycles. The van der Waals surface area contributed by atoms with Gasteiger partial charge in [-0.2, -0.15) is 4.52 Å². The van der Waals surface area contributed by atoms with Crippen molar-refractivity contribution in [2.45, 2.75) is 13.3 Å². The minimum Gasteiger partial charge on any atom is -0.368 e. The molecule has 2 aromatic carbocycles. The summed E-state index contributed by atoms with van der Waals surface area (Å²) in [7, 11) is 0. The summed E-state index contributed by atoms with van der Waals surface area (Å²) in [6, 6.07) is 12.1. The molecule has 3 heterocycles. The molecule has 0 spiro atoms. The highest BCUT2D eigenvalue weighted by molar-refractivity contribution is 5.93. The highest BCUT2D eigenvalue weighted by Gasteiger charge is 2.21. The van der Waals surface area contributed by atoms with Gasteiger partial charge >= 0.3 is 0 Å². The van der Waals surface area contributed by atoms with Crippen LogP contribution in [-0.2, 0) is 6.42 Å². The number of nitrogens with zero attached hydrogens (tertiary/aromatic N) is 6. The van der Waals surface area contributed by atoms with Gasteiger partial charge in [0.25, 0.3) is 0 Å². The van der Waals surface area contributed by atoms with E-state index in [1.54, 1.807) is 18.2 Å². The maximum absolute atomic E-state index is 14.6. The molecule has 5 rings (SSSR count). The first-order valence-corrected chi connectivity index (χ1v) is 8.77. The molecule has 5 aromatic rings. The SMILES string of the molecule is CCc1nc2c(-c3ccc4nn[nH]c4c3)c(-c3ccccc3F)nc(N)n2n1. The Kier molecular flexibility index (Phi) is 3.54. The second-order valence-corrected chi connectivity index (χ2v) is 6.33. The van der Waals surface area contributed by atoms with Gasteiger partial charge in [-0.3, -0.25) is 5.10 Å². The lowest BCUT2D eigenvalue weighted by molar-refractivity contribution is 0.630. The van der Waals surface area contributed by atoms with Gasteiger partial charge in [0.15, 0.2) is 11.5 Å². The molecule has 8 nitrogen and oxygen atoms in total. The maximum Gasteiger partial charge on any atom is 0.223 e. The summed E-state index contributed by atoms with van der Waals surface area (Å²) in [5.74, 6) is 0.387. The number of H-pyrrole nitrogens is 1. The van der Waals surface area contributed by atoms with E-state index in [2.05, 4.69) is 30.5 Å². The Morgan fingerprint density at radius 1 is 1.14 bits per heavy atom. The van der Waals surface area contributed by atoms with Gasteiger partial charge < -0.3 is 5.73 Å². The van der Waals surface area contributed by atoms with Gasteiger partial charge in [-0.1, -0.05) is 30.3 Å². The van der Waals surface area contributed by atoms with E-state index in [9.17, 15) is 4.39 Å². The number of aromatic nitrogens is 7. The van der Waals surface area contributed by atoms with Gasteiger partial charge in [0.05, 0.1) is 16.8 Å². The van der Waals surface area contributed by atoms with Gasteiger partial charge in [0.1, 0.15) is 11.3 Å². The quantitative estimate of drug-likeness (QED) is 0.502. The van der Waals surface area contributed by atoms with Crippen molar-refractivity contribution in [3.8, 4) is 22.4 Å². The molecule has 3 aromatic heterocycles. The van der Waals surface area contributed by atoms with Crippen molar-refractivity contribution < 1.29 is 4.39 Å². The first-order chi connectivity index (χ1) is 13.7. The molecule has 0 unspecified atom stereocenters. The topological polar surface area (TPSA) is 111 Å². The summed E-state index contributed by atoms with van der Waals surface area (Å²) in [5, 5.41) is 15.1. The molecule has 3 N–H and O–H groups in total. The summed E-state index contributed by atoms with van der Waals surface area (Å²) in [6.45, 7) is 1.96. The second kappa shape index (κ2) is 6.08. The first-order valence-electron chi connectivity index (χ1n) is 8.77. The molecule has 0 saturated heterocycles. The third-order valence-electron chi connectivity index (χ3n) is 4.61. The fourth-order valence-corrected chi connectivity index (χ4v) is 3.26.